The van der Waals surface area contributed by atoms with Crippen molar-refractivity contribution in [3.8, 4) is 63.6 Å². The van der Waals surface area contributed by atoms with Gasteiger partial charge in [0.25, 0.3) is 0 Å². The van der Waals surface area contributed by atoms with E-state index >= 15 is 0 Å². The van der Waals surface area contributed by atoms with Crippen molar-refractivity contribution in [1.29, 1.82) is 0 Å². The molecule has 1 atom stereocenters. The Morgan fingerprint density at radius 2 is 0.927 bits per heavy atom. The number of carbonyl (C=O) groups is 2. The number of aromatic amines is 3. The van der Waals surface area contributed by atoms with E-state index in [9.17, 15) is 9.59 Å². The van der Waals surface area contributed by atoms with Crippen molar-refractivity contribution in [3.63, 3.8) is 0 Å². The Morgan fingerprint density at radius 1 is 0.477 bits per heavy atom. The molecule has 6 aromatic heterocycles. The number of nitrogens with zero attached hydrogens (tertiary/aromatic N) is 14. The quantitative estimate of drug-likeness (QED) is 0.0310. The summed E-state index contributed by atoms with van der Waals surface area (Å²) in [5.41, 5.74) is 5.62. The number of hydrogen-bond acceptors (Lipinski definition) is 25. The number of likely N-dealkylation sites (N-methyl/N-ethyl adjacent to an activating group) is 1. The molecule has 0 radical (unpaired) electrons. The SMILES string of the molecule is CCN(C(C)=O)C1CCN(c2nc(NCc3nc4ccccc4[nH]3)cc(Oc3ccc(OC)cc3Cl)n2)C1.COc1cc(Cl)c(Oc2cc(NCc3nc4ccccc4[nH]3)nc(N(C)C)n2)cc1OC.COc1cc(Cl)c(Oc2cc(NCc3nc4ccccc4[nH]3)nc(N3CCCN(C(C)=O)CC3)n2)cc1OC. The second-order valence-corrected chi connectivity index (χ2v) is 26.4. The van der Waals surface area contributed by atoms with Gasteiger partial charge in [-0.2, -0.15) is 29.9 Å². The Balaban J connectivity index is 0.000000153. The number of carbonyl (C=O) groups excluding carboxylic acids is 2. The fraction of sp³-hybridized carbons (Fsp3) is 0.303. The molecule has 8 heterocycles. The summed E-state index contributed by atoms with van der Waals surface area (Å²) in [5.74, 6) is 10.5. The number of halogens is 3. The molecule has 2 saturated heterocycles. The van der Waals surface area contributed by atoms with E-state index in [0.29, 0.717) is 173 Å². The third-order valence-electron chi connectivity index (χ3n) is 17.6. The van der Waals surface area contributed by atoms with Crippen LogP contribution in [0.5, 0.6) is 63.6 Å². The minimum atomic E-state index is 0.0612. The molecule has 2 fully saturated rings. The monoisotopic (exact) mass is 1540 g/mol. The molecule has 2 aliphatic heterocycles. The van der Waals surface area contributed by atoms with Crippen molar-refractivity contribution in [2.24, 2.45) is 0 Å². The minimum Gasteiger partial charge on any atom is -0.497 e. The molecule has 1 unspecified atom stereocenters. The summed E-state index contributed by atoms with van der Waals surface area (Å²) >= 11 is 19.3. The number of imidazole rings is 3. The zero-order valence-electron chi connectivity index (χ0n) is 61.7. The van der Waals surface area contributed by atoms with E-state index in [1.807, 2.05) is 104 Å². The summed E-state index contributed by atoms with van der Waals surface area (Å²) in [4.78, 5) is 85.3. The summed E-state index contributed by atoms with van der Waals surface area (Å²) < 4.78 is 44.8. The molecule has 0 spiro atoms. The Hall–Kier alpha value is -12.0. The first-order valence-electron chi connectivity index (χ1n) is 34.9. The van der Waals surface area contributed by atoms with E-state index in [4.69, 9.17) is 82.7 Å². The number of H-pyrrole nitrogens is 3. The highest BCUT2D eigenvalue weighted by molar-refractivity contribution is 6.33. The zero-order chi connectivity index (χ0) is 76.7. The molecule has 568 valence electrons. The average molecular weight is 1540 g/mol. The molecule has 6 aromatic carbocycles. The Morgan fingerprint density at radius 3 is 1.37 bits per heavy atom. The zero-order valence-corrected chi connectivity index (χ0v) is 64.0. The van der Waals surface area contributed by atoms with Crippen LogP contribution in [0.3, 0.4) is 0 Å². The van der Waals surface area contributed by atoms with E-state index in [0.717, 1.165) is 70.0 Å². The van der Waals surface area contributed by atoms with Crippen LogP contribution in [-0.4, -0.2) is 183 Å². The molecule has 0 aliphatic carbocycles. The normalized spacial score (nSPS) is 13.3. The van der Waals surface area contributed by atoms with Crippen LogP contribution < -0.4 is 68.5 Å². The molecule has 14 rings (SSSR count). The average Bonchev–Trinajstić information content (AvgIpc) is 1.78. The van der Waals surface area contributed by atoms with Crippen molar-refractivity contribution in [2.45, 2.75) is 59.3 Å². The Labute approximate surface area is 643 Å². The molecule has 109 heavy (non-hydrogen) atoms. The van der Waals surface area contributed by atoms with Crippen molar-refractivity contribution >= 4 is 115 Å². The molecule has 30 nitrogen and oxygen atoms in total. The number of aromatic nitrogens is 12. The van der Waals surface area contributed by atoms with E-state index in [1.165, 1.54) is 0 Å². The van der Waals surface area contributed by atoms with Crippen LogP contribution >= 0.6 is 34.8 Å². The predicted octanol–water partition coefficient (Wildman–Crippen LogP) is 13.8. The van der Waals surface area contributed by atoms with E-state index < -0.39 is 0 Å². The molecule has 0 saturated carbocycles. The first-order valence-corrected chi connectivity index (χ1v) is 36.1. The molecular formula is C76H83Cl3N20O10. The molecule has 0 bridgehead atoms. The van der Waals surface area contributed by atoms with Crippen LogP contribution in [0.4, 0.5) is 35.3 Å². The first kappa shape index (κ1) is 76.6. The van der Waals surface area contributed by atoms with Crippen molar-refractivity contribution < 1.29 is 47.5 Å². The maximum atomic E-state index is 12.1. The highest BCUT2D eigenvalue weighted by atomic mass is 35.5. The van der Waals surface area contributed by atoms with Gasteiger partial charge in [0, 0.05) is 122 Å². The number of rotatable bonds is 25. The highest BCUT2D eigenvalue weighted by Crippen LogP contribution is 2.42. The number of anilines is 6. The second-order valence-electron chi connectivity index (χ2n) is 25.1. The third kappa shape index (κ3) is 19.4. The number of nitrogens with one attached hydrogen (secondary N) is 6. The van der Waals surface area contributed by atoms with Gasteiger partial charge in [-0.1, -0.05) is 71.2 Å². The van der Waals surface area contributed by atoms with Crippen LogP contribution in [0.1, 0.15) is 51.1 Å². The predicted molar refractivity (Wildman–Crippen MR) is 421 cm³/mol. The number of amides is 2. The highest BCUT2D eigenvalue weighted by Gasteiger charge is 2.31. The number of hydrogen-bond donors (Lipinski definition) is 6. The van der Waals surface area contributed by atoms with Gasteiger partial charge in [0.05, 0.1) is 109 Å². The van der Waals surface area contributed by atoms with Gasteiger partial charge in [-0.25, -0.2) is 15.0 Å². The summed E-state index contributed by atoms with van der Waals surface area (Å²) in [6.07, 6.45) is 1.64. The summed E-state index contributed by atoms with van der Waals surface area (Å²) in [7, 11) is 11.5. The maximum Gasteiger partial charge on any atom is 0.230 e. The summed E-state index contributed by atoms with van der Waals surface area (Å²) in [6, 6.07) is 40.6. The lowest BCUT2D eigenvalue weighted by atomic mass is 10.2. The van der Waals surface area contributed by atoms with Gasteiger partial charge in [-0.15, -0.1) is 0 Å². The first-order chi connectivity index (χ1) is 52.8. The minimum absolute atomic E-state index is 0.0612. The lowest BCUT2D eigenvalue weighted by Crippen LogP contribution is -2.40. The smallest absolute Gasteiger partial charge is 0.230 e. The van der Waals surface area contributed by atoms with Gasteiger partial charge in [0.1, 0.15) is 46.4 Å². The largest absolute Gasteiger partial charge is 0.497 e. The maximum absolute atomic E-state index is 12.1. The molecule has 12 aromatic rings. The van der Waals surface area contributed by atoms with Crippen molar-refractivity contribution in [2.75, 3.05) is 126 Å². The number of fused-ring (bicyclic) bond motifs is 3. The van der Waals surface area contributed by atoms with Crippen LogP contribution in [0.15, 0.2) is 133 Å². The molecule has 2 aliphatic rings. The van der Waals surface area contributed by atoms with Crippen LogP contribution in [0.25, 0.3) is 33.1 Å². The van der Waals surface area contributed by atoms with Gasteiger partial charge in [0.15, 0.2) is 34.5 Å². The lowest BCUT2D eigenvalue weighted by molar-refractivity contribution is -0.130. The van der Waals surface area contributed by atoms with E-state index in [1.54, 1.807) is 115 Å². The van der Waals surface area contributed by atoms with E-state index in [-0.39, 0.29) is 17.9 Å². The topological polar surface area (TPSA) is 324 Å². The van der Waals surface area contributed by atoms with Gasteiger partial charge in [-0.05, 0) is 68.3 Å². The van der Waals surface area contributed by atoms with Crippen LogP contribution in [0, 0.1) is 0 Å². The number of benzene rings is 6. The number of para-hydroxylation sites is 6. The van der Waals surface area contributed by atoms with E-state index in [2.05, 4.69) is 75.6 Å². The molecule has 33 heteroatoms. The second kappa shape index (κ2) is 35.6. The fourth-order valence-corrected chi connectivity index (χ4v) is 12.7. The molecule has 2 amide bonds. The lowest BCUT2D eigenvalue weighted by Gasteiger charge is -2.26. The van der Waals surface area contributed by atoms with Crippen molar-refractivity contribution in [1.82, 2.24) is 69.6 Å². The molecule has 6 N–H and O–H groups in total. The fourth-order valence-electron chi connectivity index (χ4n) is 12.1. The van der Waals surface area contributed by atoms with Crippen LogP contribution in [-0.2, 0) is 29.2 Å². The van der Waals surface area contributed by atoms with Gasteiger partial charge in [-0.3, -0.25) is 9.59 Å². The van der Waals surface area contributed by atoms with Crippen LogP contribution in [0.2, 0.25) is 15.1 Å². The van der Waals surface area contributed by atoms with Gasteiger partial charge < -0.3 is 93.3 Å². The molecular weight excluding hydrogens is 1460 g/mol. The summed E-state index contributed by atoms with van der Waals surface area (Å²) in [6.45, 7) is 11.1. The standard InChI is InChI=1S/C27H30ClN7O4.C27H30ClN7O3.C22H23ClN6O3/c1-17(36)34-9-6-10-35(12-11-34)27-32-24(29-16-25-30-19-7-4-5-8-20(19)31-25)15-26(33-27)39-21-14-23(38-3)22(37-2)13-18(21)28;1-4-35(17(2)36)18-11-12-34(16-18)27-32-24(29-15-25-30-21-7-5-6-8-22(21)31-25)14-26(33-27)38-23-10-9-19(37-3)13-20(23)28;1-29(2)22-27-19(24-12-20-25-14-7-5-6-8-15(14)26-20)11-21(28-22)32-16-10-18(31-4)17(30-3)9-13(16)23/h4-5,7-8,13-15H,6,9-12,16H2,1-3H3,(H,30,31)(H,29,32,33);5-10,13-14,18H,4,11-12,15-16H2,1-3H3,(H,30,31)(H,29,32,33);5-11H,12H2,1-4H3,(H,25,26)(H,24,27,28). The Kier molecular flexibility index (Phi) is 25.0. The van der Waals surface area contributed by atoms with Gasteiger partial charge in [0.2, 0.25) is 47.3 Å². The number of ether oxygens (including phenoxy) is 8. The third-order valence-corrected chi connectivity index (χ3v) is 18.5. The van der Waals surface area contributed by atoms with Crippen molar-refractivity contribution in [3.05, 3.63) is 166 Å². The van der Waals surface area contributed by atoms with Gasteiger partial charge >= 0.3 is 0 Å². The summed E-state index contributed by atoms with van der Waals surface area (Å²) in [5, 5.41) is 11.1. The number of methoxy groups -OCH3 is 5. The Bertz CT molecular complexity index is 5060.